The van der Waals surface area contributed by atoms with E-state index in [1.807, 2.05) is 24.3 Å². The van der Waals surface area contributed by atoms with Crippen LogP contribution in [0.4, 0.5) is 4.79 Å². The van der Waals surface area contributed by atoms with Crippen LogP contribution in [-0.4, -0.2) is 31.2 Å². The SMILES string of the molecule is COC(=O)[C@H](C)NC(=O)NC1C=CC=C1. The largest absolute Gasteiger partial charge is 0.467 e. The Kier molecular flexibility index (Phi) is 3.91. The maximum absolute atomic E-state index is 11.3. The number of rotatable bonds is 3. The monoisotopic (exact) mass is 210 g/mol. The lowest BCUT2D eigenvalue weighted by Crippen LogP contribution is -2.47. The summed E-state index contributed by atoms with van der Waals surface area (Å²) < 4.78 is 4.47. The molecule has 5 nitrogen and oxygen atoms in total. The summed E-state index contributed by atoms with van der Waals surface area (Å²) in [4.78, 5) is 22.3. The van der Waals surface area contributed by atoms with Gasteiger partial charge in [0.2, 0.25) is 0 Å². The van der Waals surface area contributed by atoms with Crippen molar-refractivity contribution in [2.45, 2.75) is 19.0 Å². The summed E-state index contributed by atoms with van der Waals surface area (Å²) in [6.45, 7) is 1.56. The molecule has 0 aromatic carbocycles. The van der Waals surface area contributed by atoms with E-state index in [4.69, 9.17) is 0 Å². The van der Waals surface area contributed by atoms with Crippen molar-refractivity contribution in [1.29, 1.82) is 0 Å². The number of allylic oxidation sites excluding steroid dienone is 2. The molecule has 0 aromatic rings. The second-order valence-corrected chi connectivity index (χ2v) is 3.16. The van der Waals surface area contributed by atoms with Crippen LogP contribution < -0.4 is 10.6 Å². The van der Waals surface area contributed by atoms with Gasteiger partial charge < -0.3 is 15.4 Å². The molecule has 82 valence electrons. The maximum atomic E-state index is 11.3. The summed E-state index contributed by atoms with van der Waals surface area (Å²) >= 11 is 0. The fourth-order valence-corrected chi connectivity index (χ4v) is 1.15. The average Bonchev–Trinajstić information content (AvgIpc) is 2.68. The predicted octanol–water partition coefficient (Wildman–Crippen LogP) is 0.342. The van der Waals surface area contributed by atoms with Crippen LogP contribution in [0.3, 0.4) is 0 Å². The van der Waals surface area contributed by atoms with E-state index in [9.17, 15) is 9.59 Å². The van der Waals surface area contributed by atoms with Crippen LogP contribution >= 0.6 is 0 Å². The normalized spacial score (nSPS) is 16.1. The summed E-state index contributed by atoms with van der Waals surface area (Å²) in [5, 5.41) is 5.12. The lowest BCUT2D eigenvalue weighted by Gasteiger charge is -2.14. The Hall–Kier alpha value is -1.78. The Balaban J connectivity index is 2.32. The molecule has 0 saturated heterocycles. The number of nitrogens with one attached hydrogen (secondary N) is 2. The van der Waals surface area contributed by atoms with Gasteiger partial charge in [0, 0.05) is 0 Å². The van der Waals surface area contributed by atoms with Gasteiger partial charge in [0.15, 0.2) is 0 Å². The lowest BCUT2D eigenvalue weighted by atomic mass is 10.3. The van der Waals surface area contributed by atoms with Crippen LogP contribution in [-0.2, 0) is 9.53 Å². The molecule has 0 aromatic heterocycles. The van der Waals surface area contributed by atoms with Crippen molar-refractivity contribution >= 4 is 12.0 Å². The van der Waals surface area contributed by atoms with E-state index in [0.717, 1.165) is 0 Å². The number of ether oxygens (including phenoxy) is 1. The minimum atomic E-state index is -0.649. The van der Waals surface area contributed by atoms with E-state index in [1.54, 1.807) is 6.92 Å². The Morgan fingerprint density at radius 3 is 2.47 bits per heavy atom. The van der Waals surface area contributed by atoms with Gasteiger partial charge in [0.05, 0.1) is 13.2 Å². The topological polar surface area (TPSA) is 67.4 Å². The van der Waals surface area contributed by atoms with Crippen molar-refractivity contribution in [1.82, 2.24) is 10.6 Å². The highest BCUT2D eigenvalue weighted by Crippen LogP contribution is 1.98. The first kappa shape index (κ1) is 11.3. The molecule has 1 aliphatic carbocycles. The number of amides is 2. The summed E-state index contributed by atoms with van der Waals surface area (Å²) in [6, 6.07) is -1.15. The molecule has 0 bridgehead atoms. The molecule has 2 amide bonds. The third-order valence-corrected chi connectivity index (χ3v) is 1.95. The number of carbonyl (C=O) groups is 2. The van der Waals surface area contributed by atoms with Crippen LogP contribution in [0, 0.1) is 0 Å². The van der Waals surface area contributed by atoms with Crippen molar-refractivity contribution in [3.05, 3.63) is 24.3 Å². The standard InChI is InChI=1S/C10H14N2O3/c1-7(9(13)15-2)11-10(14)12-8-5-3-4-6-8/h3-8H,1-2H3,(H2,11,12,14)/t7-/m0/s1. The van der Waals surface area contributed by atoms with Crippen molar-refractivity contribution in [3.63, 3.8) is 0 Å². The quantitative estimate of drug-likeness (QED) is 0.660. The van der Waals surface area contributed by atoms with Gasteiger partial charge >= 0.3 is 12.0 Å². The van der Waals surface area contributed by atoms with E-state index >= 15 is 0 Å². The molecule has 0 spiro atoms. The van der Waals surface area contributed by atoms with E-state index in [1.165, 1.54) is 7.11 Å². The highest BCUT2D eigenvalue weighted by Gasteiger charge is 2.16. The molecule has 15 heavy (non-hydrogen) atoms. The number of methoxy groups -OCH3 is 1. The van der Waals surface area contributed by atoms with Gasteiger partial charge in [-0.25, -0.2) is 9.59 Å². The van der Waals surface area contributed by atoms with E-state index in [2.05, 4.69) is 15.4 Å². The first-order chi connectivity index (χ1) is 7.13. The van der Waals surface area contributed by atoms with Crippen LogP contribution in [0.1, 0.15) is 6.92 Å². The molecule has 0 aliphatic heterocycles. The second kappa shape index (κ2) is 5.19. The van der Waals surface area contributed by atoms with Crippen molar-refractivity contribution < 1.29 is 14.3 Å². The van der Waals surface area contributed by atoms with Crippen molar-refractivity contribution in [2.24, 2.45) is 0 Å². The Morgan fingerprint density at radius 2 is 1.93 bits per heavy atom. The molecule has 0 heterocycles. The van der Waals surface area contributed by atoms with Gasteiger partial charge in [0.1, 0.15) is 6.04 Å². The molecule has 0 saturated carbocycles. The first-order valence-corrected chi connectivity index (χ1v) is 4.63. The van der Waals surface area contributed by atoms with E-state index < -0.39 is 18.0 Å². The van der Waals surface area contributed by atoms with E-state index in [0.29, 0.717) is 0 Å². The molecule has 0 radical (unpaired) electrons. The third-order valence-electron chi connectivity index (χ3n) is 1.95. The number of urea groups is 1. The van der Waals surface area contributed by atoms with Gasteiger partial charge in [-0.1, -0.05) is 24.3 Å². The zero-order valence-electron chi connectivity index (χ0n) is 8.69. The maximum Gasteiger partial charge on any atom is 0.328 e. The summed E-state index contributed by atoms with van der Waals surface area (Å²) in [5.74, 6) is -0.470. The predicted molar refractivity (Wildman–Crippen MR) is 55.2 cm³/mol. The number of hydrogen-bond acceptors (Lipinski definition) is 3. The number of carbonyl (C=O) groups excluding carboxylic acids is 2. The molecule has 1 atom stereocenters. The highest BCUT2D eigenvalue weighted by molar-refractivity contribution is 5.83. The average molecular weight is 210 g/mol. The zero-order chi connectivity index (χ0) is 11.3. The summed E-state index contributed by atoms with van der Waals surface area (Å²) in [6.07, 6.45) is 7.36. The Labute approximate surface area is 88.2 Å². The van der Waals surface area contributed by atoms with Gasteiger partial charge in [-0.2, -0.15) is 0 Å². The fraction of sp³-hybridized carbons (Fsp3) is 0.400. The van der Waals surface area contributed by atoms with Gasteiger partial charge in [-0.05, 0) is 6.92 Å². The molecule has 0 fully saturated rings. The zero-order valence-corrected chi connectivity index (χ0v) is 8.69. The van der Waals surface area contributed by atoms with Crippen LogP contribution in [0.5, 0.6) is 0 Å². The van der Waals surface area contributed by atoms with Gasteiger partial charge in [0.25, 0.3) is 0 Å². The minimum absolute atomic E-state index is 0.102. The fourth-order valence-electron chi connectivity index (χ4n) is 1.15. The molecule has 1 aliphatic rings. The van der Waals surface area contributed by atoms with Crippen molar-refractivity contribution in [2.75, 3.05) is 7.11 Å². The van der Waals surface area contributed by atoms with Crippen molar-refractivity contribution in [3.8, 4) is 0 Å². The Bertz CT molecular complexity index is 298. The van der Waals surface area contributed by atoms with Gasteiger partial charge in [-0.3, -0.25) is 0 Å². The lowest BCUT2D eigenvalue weighted by molar-refractivity contribution is -0.142. The molecule has 1 rings (SSSR count). The summed E-state index contributed by atoms with van der Waals surface area (Å²) in [5.41, 5.74) is 0. The molecule has 0 unspecified atom stereocenters. The number of hydrogen-bond donors (Lipinski definition) is 2. The minimum Gasteiger partial charge on any atom is -0.467 e. The summed E-state index contributed by atoms with van der Waals surface area (Å²) in [7, 11) is 1.28. The van der Waals surface area contributed by atoms with Crippen LogP contribution in [0.25, 0.3) is 0 Å². The van der Waals surface area contributed by atoms with E-state index in [-0.39, 0.29) is 6.04 Å². The first-order valence-electron chi connectivity index (χ1n) is 4.63. The van der Waals surface area contributed by atoms with Gasteiger partial charge in [-0.15, -0.1) is 0 Å². The highest BCUT2D eigenvalue weighted by atomic mass is 16.5. The number of esters is 1. The Morgan fingerprint density at radius 1 is 1.33 bits per heavy atom. The van der Waals surface area contributed by atoms with Crippen LogP contribution in [0.2, 0.25) is 0 Å². The molecular weight excluding hydrogens is 196 g/mol. The second-order valence-electron chi connectivity index (χ2n) is 3.16. The third kappa shape index (κ3) is 3.46. The molecule has 5 heteroatoms. The smallest absolute Gasteiger partial charge is 0.328 e. The van der Waals surface area contributed by atoms with Crippen LogP contribution in [0.15, 0.2) is 24.3 Å². The molecule has 2 N–H and O–H groups in total. The molecular formula is C10H14N2O3.